The highest BCUT2D eigenvalue weighted by Crippen LogP contribution is 2.28. The summed E-state index contributed by atoms with van der Waals surface area (Å²) in [5.41, 5.74) is 1.34. The Labute approximate surface area is 124 Å². The van der Waals surface area contributed by atoms with E-state index in [0.717, 1.165) is 5.39 Å². The first-order chi connectivity index (χ1) is 10.1. The van der Waals surface area contributed by atoms with Crippen LogP contribution in [0.25, 0.3) is 10.9 Å². The Morgan fingerprint density at radius 2 is 2.05 bits per heavy atom. The molecule has 6 heteroatoms. The summed E-state index contributed by atoms with van der Waals surface area (Å²) in [5, 5.41) is 4.06. The molecular weight excluding hydrogens is 290 g/mol. The highest BCUT2D eigenvalue weighted by molar-refractivity contribution is 6.35. The van der Waals surface area contributed by atoms with Crippen LogP contribution in [0.4, 0.5) is 5.69 Å². The van der Waals surface area contributed by atoms with Crippen LogP contribution < -0.4 is 10.9 Å². The van der Waals surface area contributed by atoms with Crippen LogP contribution in [0.3, 0.4) is 0 Å². The maximum absolute atomic E-state index is 12.2. The maximum atomic E-state index is 12.2. The smallest absolute Gasteiger partial charge is 0.257 e. The van der Waals surface area contributed by atoms with Gasteiger partial charge in [-0.05, 0) is 30.3 Å². The third-order valence-corrected chi connectivity index (χ3v) is 3.32. The van der Waals surface area contributed by atoms with Gasteiger partial charge in [-0.15, -0.1) is 0 Å². The number of hydrogen-bond donors (Lipinski definition) is 2. The van der Waals surface area contributed by atoms with E-state index in [9.17, 15) is 9.59 Å². The number of hydrogen-bond acceptors (Lipinski definition) is 3. The minimum atomic E-state index is -0.321. The second kappa shape index (κ2) is 5.38. The molecule has 0 unspecified atom stereocenters. The lowest BCUT2D eigenvalue weighted by atomic mass is 10.1. The number of fused-ring (bicyclic) bond motifs is 1. The van der Waals surface area contributed by atoms with Gasteiger partial charge in [-0.1, -0.05) is 11.6 Å². The summed E-state index contributed by atoms with van der Waals surface area (Å²) in [6, 6.07) is 9.77. The molecule has 5 nitrogen and oxygen atoms in total. The molecule has 2 aromatic heterocycles. The van der Waals surface area contributed by atoms with Crippen LogP contribution in [0, 0.1) is 0 Å². The van der Waals surface area contributed by atoms with Crippen LogP contribution in [0.1, 0.15) is 10.4 Å². The number of amides is 1. The SMILES string of the molecule is O=C(Nc1ccc(Cl)c2ncccc12)c1ccc(=O)[nH]c1. The number of aromatic nitrogens is 2. The van der Waals surface area contributed by atoms with Crippen molar-refractivity contribution in [2.45, 2.75) is 0 Å². The number of aromatic amines is 1. The monoisotopic (exact) mass is 299 g/mol. The highest BCUT2D eigenvalue weighted by Gasteiger charge is 2.10. The molecule has 2 N–H and O–H groups in total. The van der Waals surface area contributed by atoms with Gasteiger partial charge in [0, 0.05) is 23.8 Å². The Morgan fingerprint density at radius 3 is 2.81 bits per heavy atom. The van der Waals surface area contributed by atoms with Gasteiger partial charge in [-0.25, -0.2) is 0 Å². The van der Waals surface area contributed by atoms with Gasteiger partial charge in [0.05, 0.1) is 21.8 Å². The summed E-state index contributed by atoms with van der Waals surface area (Å²) >= 11 is 6.09. The van der Waals surface area contributed by atoms with Crippen molar-refractivity contribution >= 4 is 34.1 Å². The fraction of sp³-hybridized carbons (Fsp3) is 0. The second-order valence-corrected chi connectivity index (χ2v) is 4.80. The molecule has 3 aromatic rings. The zero-order valence-electron chi connectivity index (χ0n) is 10.8. The van der Waals surface area contributed by atoms with E-state index < -0.39 is 0 Å². The molecule has 1 aromatic carbocycles. The first-order valence-corrected chi connectivity index (χ1v) is 6.56. The van der Waals surface area contributed by atoms with E-state index in [1.54, 1.807) is 24.4 Å². The average molecular weight is 300 g/mol. The Bertz CT molecular complexity index is 869. The van der Waals surface area contributed by atoms with E-state index in [1.165, 1.54) is 18.3 Å². The van der Waals surface area contributed by atoms with Gasteiger partial charge in [-0.3, -0.25) is 14.6 Å². The van der Waals surface area contributed by atoms with Gasteiger partial charge in [0.15, 0.2) is 0 Å². The van der Waals surface area contributed by atoms with Gasteiger partial charge < -0.3 is 10.3 Å². The van der Waals surface area contributed by atoms with E-state index in [-0.39, 0.29) is 11.5 Å². The molecule has 1 amide bonds. The van der Waals surface area contributed by atoms with Gasteiger partial charge in [0.2, 0.25) is 5.56 Å². The number of halogens is 1. The fourth-order valence-corrected chi connectivity index (χ4v) is 2.21. The number of anilines is 1. The predicted octanol–water partition coefficient (Wildman–Crippen LogP) is 2.83. The van der Waals surface area contributed by atoms with Crippen molar-refractivity contribution in [1.29, 1.82) is 0 Å². The third kappa shape index (κ3) is 2.64. The Hall–Kier alpha value is -2.66. The maximum Gasteiger partial charge on any atom is 0.257 e. The van der Waals surface area contributed by atoms with E-state index in [2.05, 4.69) is 15.3 Å². The molecule has 104 valence electrons. The van der Waals surface area contributed by atoms with Crippen LogP contribution in [0.2, 0.25) is 5.02 Å². The normalized spacial score (nSPS) is 10.5. The number of pyridine rings is 2. The van der Waals surface area contributed by atoms with Crippen molar-refractivity contribution in [3.8, 4) is 0 Å². The van der Waals surface area contributed by atoms with Crippen molar-refractivity contribution in [2.75, 3.05) is 5.32 Å². The Kier molecular flexibility index (Phi) is 3.41. The third-order valence-electron chi connectivity index (χ3n) is 3.02. The van der Waals surface area contributed by atoms with Gasteiger partial charge in [0.25, 0.3) is 5.91 Å². The quantitative estimate of drug-likeness (QED) is 0.764. The summed E-state index contributed by atoms with van der Waals surface area (Å²) in [7, 11) is 0. The zero-order chi connectivity index (χ0) is 14.8. The molecule has 0 saturated heterocycles. The molecule has 0 aliphatic carbocycles. The van der Waals surface area contributed by atoms with Crippen LogP contribution in [0.5, 0.6) is 0 Å². The lowest BCUT2D eigenvalue weighted by Crippen LogP contribution is -2.14. The summed E-state index contributed by atoms with van der Waals surface area (Å²) < 4.78 is 0. The zero-order valence-corrected chi connectivity index (χ0v) is 11.5. The lowest BCUT2D eigenvalue weighted by molar-refractivity contribution is 0.102. The van der Waals surface area contributed by atoms with Crippen LogP contribution in [-0.4, -0.2) is 15.9 Å². The van der Waals surface area contributed by atoms with E-state index in [4.69, 9.17) is 11.6 Å². The first-order valence-electron chi connectivity index (χ1n) is 6.18. The molecule has 0 saturated carbocycles. The number of carbonyl (C=O) groups is 1. The molecule has 0 radical (unpaired) electrons. The molecular formula is C15H10ClN3O2. The predicted molar refractivity (Wildman–Crippen MR) is 81.8 cm³/mol. The number of nitrogens with zero attached hydrogens (tertiary/aromatic N) is 1. The standard InChI is InChI=1S/C15H10ClN3O2/c16-11-4-5-12(10-2-1-7-17-14(10)11)19-15(21)9-3-6-13(20)18-8-9/h1-8H,(H,18,20)(H,19,21). The molecule has 0 bridgehead atoms. The molecule has 21 heavy (non-hydrogen) atoms. The highest BCUT2D eigenvalue weighted by atomic mass is 35.5. The van der Waals surface area contributed by atoms with Crippen molar-refractivity contribution in [3.63, 3.8) is 0 Å². The van der Waals surface area contributed by atoms with E-state index in [0.29, 0.717) is 21.8 Å². The van der Waals surface area contributed by atoms with Crippen molar-refractivity contribution < 1.29 is 4.79 Å². The Balaban J connectivity index is 1.98. The molecule has 0 fully saturated rings. The second-order valence-electron chi connectivity index (χ2n) is 4.39. The van der Waals surface area contributed by atoms with Crippen molar-refractivity contribution in [1.82, 2.24) is 9.97 Å². The molecule has 0 spiro atoms. The minimum absolute atomic E-state index is 0.257. The summed E-state index contributed by atoms with van der Waals surface area (Å²) in [5.74, 6) is -0.321. The largest absolute Gasteiger partial charge is 0.328 e. The average Bonchev–Trinajstić information content (AvgIpc) is 2.51. The van der Waals surface area contributed by atoms with Crippen molar-refractivity contribution in [2.24, 2.45) is 0 Å². The topological polar surface area (TPSA) is 74.8 Å². The minimum Gasteiger partial charge on any atom is -0.328 e. The summed E-state index contributed by atoms with van der Waals surface area (Å²) in [6.07, 6.45) is 3.01. The molecule has 2 heterocycles. The van der Waals surface area contributed by atoms with Crippen LogP contribution in [0.15, 0.2) is 53.6 Å². The molecule has 3 rings (SSSR count). The van der Waals surface area contributed by atoms with E-state index >= 15 is 0 Å². The number of carbonyl (C=O) groups excluding carboxylic acids is 1. The fourth-order valence-electron chi connectivity index (χ4n) is 1.99. The van der Waals surface area contributed by atoms with Crippen molar-refractivity contribution in [3.05, 3.63) is 69.7 Å². The Morgan fingerprint density at radius 1 is 1.19 bits per heavy atom. The van der Waals surface area contributed by atoms with E-state index in [1.807, 2.05) is 6.07 Å². The number of rotatable bonds is 2. The molecule has 0 aliphatic heterocycles. The summed E-state index contributed by atoms with van der Waals surface area (Å²) in [6.45, 7) is 0. The van der Waals surface area contributed by atoms with Crippen LogP contribution in [-0.2, 0) is 0 Å². The molecule has 0 atom stereocenters. The van der Waals surface area contributed by atoms with Crippen LogP contribution >= 0.6 is 11.6 Å². The first kappa shape index (κ1) is 13.3. The van der Waals surface area contributed by atoms with Gasteiger partial charge in [0.1, 0.15) is 0 Å². The summed E-state index contributed by atoms with van der Waals surface area (Å²) in [4.78, 5) is 29.8. The van der Waals surface area contributed by atoms with Gasteiger partial charge >= 0.3 is 0 Å². The number of nitrogens with one attached hydrogen (secondary N) is 2. The number of benzene rings is 1. The number of H-pyrrole nitrogens is 1. The lowest BCUT2D eigenvalue weighted by Gasteiger charge is -2.09. The molecule has 0 aliphatic rings. The van der Waals surface area contributed by atoms with Gasteiger partial charge in [-0.2, -0.15) is 0 Å².